The van der Waals surface area contributed by atoms with Gasteiger partial charge in [0.25, 0.3) is 0 Å². The number of hydrogen-bond donors (Lipinski definition) is 2. The Morgan fingerprint density at radius 1 is 1.32 bits per heavy atom. The standard InChI is InChI=1S/C17H15ClFN3O3/c1-8-15(10(3)25-17(8)18)16-12(7-20-24)9(2)21-22(16)14-5-4-11(23)6-13(14)19/h4-7,23-24H,1-3H3/b20-7+. The van der Waals surface area contributed by atoms with E-state index in [4.69, 9.17) is 21.2 Å². The van der Waals surface area contributed by atoms with E-state index in [1.807, 2.05) is 0 Å². The maximum absolute atomic E-state index is 14.4. The Hall–Kier alpha value is -2.80. The number of benzene rings is 1. The largest absolute Gasteiger partial charge is 0.508 e. The van der Waals surface area contributed by atoms with Crippen LogP contribution in [0.1, 0.15) is 22.6 Å². The Kier molecular flexibility index (Phi) is 4.26. The third-order valence-electron chi connectivity index (χ3n) is 3.95. The molecule has 6 nitrogen and oxygen atoms in total. The summed E-state index contributed by atoms with van der Waals surface area (Å²) in [6.45, 7) is 5.21. The quantitative estimate of drug-likeness (QED) is 0.411. The molecule has 25 heavy (non-hydrogen) atoms. The van der Waals surface area contributed by atoms with Crippen molar-refractivity contribution in [1.29, 1.82) is 0 Å². The third kappa shape index (κ3) is 2.76. The minimum absolute atomic E-state index is 0.129. The van der Waals surface area contributed by atoms with Gasteiger partial charge in [-0.15, -0.1) is 0 Å². The fourth-order valence-electron chi connectivity index (χ4n) is 2.80. The van der Waals surface area contributed by atoms with Crippen LogP contribution < -0.4 is 0 Å². The molecule has 130 valence electrons. The molecule has 0 unspecified atom stereocenters. The zero-order chi connectivity index (χ0) is 18.3. The van der Waals surface area contributed by atoms with Crippen LogP contribution in [0.3, 0.4) is 0 Å². The summed E-state index contributed by atoms with van der Waals surface area (Å²) in [5, 5.41) is 26.1. The highest BCUT2D eigenvalue weighted by atomic mass is 35.5. The third-order valence-corrected chi connectivity index (χ3v) is 4.32. The molecular weight excluding hydrogens is 349 g/mol. The average molecular weight is 364 g/mol. The van der Waals surface area contributed by atoms with Crippen molar-refractivity contribution >= 4 is 17.8 Å². The normalized spacial score (nSPS) is 11.6. The van der Waals surface area contributed by atoms with E-state index in [0.717, 1.165) is 6.07 Å². The van der Waals surface area contributed by atoms with Gasteiger partial charge in [0.1, 0.15) is 17.2 Å². The number of oxime groups is 1. The molecule has 3 aromatic rings. The molecule has 0 saturated heterocycles. The van der Waals surface area contributed by atoms with Gasteiger partial charge in [-0.2, -0.15) is 5.10 Å². The van der Waals surface area contributed by atoms with Crippen molar-refractivity contribution in [2.45, 2.75) is 20.8 Å². The van der Waals surface area contributed by atoms with E-state index in [2.05, 4.69) is 10.3 Å². The fourth-order valence-corrected chi connectivity index (χ4v) is 3.01. The number of rotatable bonds is 3. The van der Waals surface area contributed by atoms with Crippen LogP contribution in [0.5, 0.6) is 5.75 Å². The van der Waals surface area contributed by atoms with Gasteiger partial charge in [-0.3, -0.25) is 0 Å². The summed E-state index contributed by atoms with van der Waals surface area (Å²) in [7, 11) is 0. The molecular formula is C17H15ClFN3O3. The van der Waals surface area contributed by atoms with Crippen LogP contribution >= 0.6 is 11.6 Å². The van der Waals surface area contributed by atoms with Crippen molar-refractivity contribution in [1.82, 2.24) is 9.78 Å². The predicted octanol–water partition coefficient (Wildman–Crippen LogP) is 4.36. The topological polar surface area (TPSA) is 83.8 Å². The first-order valence-corrected chi connectivity index (χ1v) is 7.74. The summed E-state index contributed by atoms with van der Waals surface area (Å²) in [6, 6.07) is 3.77. The van der Waals surface area contributed by atoms with E-state index < -0.39 is 5.82 Å². The summed E-state index contributed by atoms with van der Waals surface area (Å²) in [6.07, 6.45) is 1.23. The smallest absolute Gasteiger partial charge is 0.197 e. The summed E-state index contributed by atoms with van der Waals surface area (Å²) in [5.41, 5.74) is 2.92. The number of halogens is 2. The predicted molar refractivity (Wildman–Crippen MR) is 91.5 cm³/mol. The molecule has 0 spiro atoms. The maximum Gasteiger partial charge on any atom is 0.197 e. The first-order chi connectivity index (χ1) is 11.8. The van der Waals surface area contributed by atoms with Crippen LogP contribution in [0.25, 0.3) is 16.9 Å². The molecule has 2 N–H and O–H groups in total. The highest BCUT2D eigenvalue weighted by Gasteiger charge is 2.25. The second-order valence-corrected chi connectivity index (χ2v) is 5.92. The molecule has 0 aliphatic carbocycles. The number of aromatic hydroxyl groups is 1. The molecule has 0 aliphatic rings. The van der Waals surface area contributed by atoms with Gasteiger partial charge >= 0.3 is 0 Å². The van der Waals surface area contributed by atoms with Crippen molar-refractivity contribution in [2.24, 2.45) is 5.16 Å². The molecule has 3 rings (SSSR count). The van der Waals surface area contributed by atoms with Crippen LogP contribution in [0.4, 0.5) is 4.39 Å². The molecule has 0 saturated carbocycles. The lowest BCUT2D eigenvalue weighted by Crippen LogP contribution is -2.03. The molecule has 0 atom stereocenters. The van der Waals surface area contributed by atoms with Crippen LogP contribution in [-0.4, -0.2) is 26.3 Å². The van der Waals surface area contributed by atoms with E-state index in [0.29, 0.717) is 33.8 Å². The molecule has 8 heteroatoms. The van der Waals surface area contributed by atoms with Gasteiger partial charge in [0, 0.05) is 22.8 Å². The number of nitrogens with zero attached hydrogens (tertiary/aromatic N) is 3. The molecule has 0 aliphatic heterocycles. The zero-order valence-corrected chi connectivity index (χ0v) is 14.5. The SMILES string of the molecule is Cc1nn(-c2ccc(O)cc2F)c(-c2c(C)oc(Cl)c2C)c1/C=N/O. The molecule has 2 aromatic heterocycles. The molecule has 0 radical (unpaired) electrons. The average Bonchev–Trinajstić information content (AvgIpc) is 2.97. The summed E-state index contributed by atoms with van der Waals surface area (Å²) in [4.78, 5) is 0. The number of aryl methyl sites for hydroxylation is 2. The number of aromatic nitrogens is 2. The van der Waals surface area contributed by atoms with Crippen LogP contribution in [0.15, 0.2) is 27.8 Å². The van der Waals surface area contributed by atoms with Crippen molar-refractivity contribution in [3.05, 3.63) is 51.8 Å². The van der Waals surface area contributed by atoms with Gasteiger partial charge in [0.05, 0.1) is 17.6 Å². The van der Waals surface area contributed by atoms with Crippen molar-refractivity contribution in [3.63, 3.8) is 0 Å². The van der Waals surface area contributed by atoms with E-state index in [1.54, 1.807) is 20.8 Å². The lowest BCUT2D eigenvalue weighted by Gasteiger charge is -2.10. The van der Waals surface area contributed by atoms with Gasteiger partial charge in [-0.1, -0.05) is 5.16 Å². The Morgan fingerprint density at radius 3 is 2.60 bits per heavy atom. The zero-order valence-electron chi connectivity index (χ0n) is 13.7. The Labute approximate surface area is 147 Å². The number of furan rings is 1. The molecule has 0 fully saturated rings. The Bertz CT molecular complexity index is 992. The Balaban J connectivity index is 2.40. The summed E-state index contributed by atoms with van der Waals surface area (Å²) >= 11 is 6.08. The van der Waals surface area contributed by atoms with Crippen molar-refractivity contribution < 1.29 is 19.1 Å². The van der Waals surface area contributed by atoms with Gasteiger partial charge in [0.15, 0.2) is 11.0 Å². The van der Waals surface area contributed by atoms with Gasteiger partial charge in [0.2, 0.25) is 0 Å². The summed E-state index contributed by atoms with van der Waals surface area (Å²) in [5.74, 6) is -0.320. The monoisotopic (exact) mass is 363 g/mol. The molecule has 1 aromatic carbocycles. The van der Waals surface area contributed by atoms with Crippen LogP contribution in [0, 0.1) is 26.6 Å². The second-order valence-electron chi connectivity index (χ2n) is 5.57. The van der Waals surface area contributed by atoms with E-state index in [-0.39, 0.29) is 16.7 Å². The Morgan fingerprint density at radius 2 is 2.04 bits per heavy atom. The maximum atomic E-state index is 14.4. The van der Waals surface area contributed by atoms with Crippen LogP contribution in [0.2, 0.25) is 5.22 Å². The van der Waals surface area contributed by atoms with Crippen molar-refractivity contribution in [3.8, 4) is 22.7 Å². The number of hydrogen-bond acceptors (Lipinski definition) is 5. The molecule has 2 heterocycles. The van der Waals surface area contributed by atoms with Gasteiger partial charge in [-0.25, -0.2) is 9.07 Å². The highest BCUT2D eigenvalue weighted by Crippen LogP contribution is 2.38. The van der Waals surface area contributed by atoms with E-state index in [1.165, 1.54) is 23.0 Å². The molecule has 0 bridgehead atoms. The lowest BCUT2D eigenvalue weighted by molar-refractivity contribution is 0.322. The highest BCUT2D eigenvalue weighted by molar-refractivity contribution is 6.30. The van der Waals surface area contributed by atoms with E-state index >= 15 is 0 Å². The van der Waals surface area contributed by atoms with Gasteiger partial charge < -0.3 is 14.7 Å². The first-order valence-electron chi connectivity index (χ1n) is 7.37. The minimum Gasteiger partial charge on any atom is -0.508 e. The van der Waals surface area contributed by atoms with Crippen molar-refractivity contribution in [2.75, 3.05) is 0 Å². The lowest BCUT2D eigenvalue weighted by atomic mass is 10.0. The summed E-state index contributed by atoms with van der Waals surface area (Å²) < 4.78 is 21.3. The first kappa shape index (κ1) is 17.0. The van der Waals surface area contributed by atoms with Gasteiger partial charge in [-0.05, 0) is 44.5 Å². The van der Waals surface area contributed by atoms with E-state index in [9.17, 15) is 9.50 Å². The number of phenolic OH excluding ortho intramolecular Hbond substituents is 1. The fraction of sp³-hybridized carbons (Fsp3) is 0.176. The molecule has 0 amide bonds. The minimum atomic E-state index is -0.652. The van der Waals surface area contributed by atoms with Crippen LogP contribution in [-0.2, 0) is 0 Å². The second kappa shape index (κ2) is 6.25. The number of phenols is 1.